The number of hydrogen-bond acceptors (Lipinski definition) is 3. The van der Waals surface area contributed by atoms with Crippen LogP contribution in [-0.2, 0) is 0 Å². The predicted molar refractivity (Wildman–Crippen MR) is 101 cm³/mol. The lowest BCUT2D eigenvalue weighted by Crippen LogP contribution is -2.23. The van der Waals surface area contributed by atoms with Gasteiger partial charge in [0.15, 0.2) is 0 Å². The van der Waals surface area contributed by atoms with E-state index in [1.807, 2.05) is 37.3 Å². The van der Waals surface area contributed by atoms with Gasteiger partial charge in [0.2, 0.25) is 0 Å². The maximum atomic E-state index is 12.6. The van der Waals surface area contributed by atoms with Crippen molar-refractivity contribution in [1.29, 1.82) is 5.41 Å². The Hall–Kier alpha value is -3.21. The topological polar surface area (TPSA) is 82.6 Å². The Morgan fingerprint density at radius 3 is 2.50 bits per heavy atom. The van der Waals surface area contributed by atoms with Crippen LogP contribution in [0, 0.1) is 12.3 Å². The van der Waals surface area contributed by atoms with Crippen molar-refractivity contribution in [2.24, 2.45) is 0 Å². The van der Waals surface area contributed by atoms with E-state index in [1.54, 1.807) is 12.3 Å². The van der Waals surface area contributed by atoms with Crippen molar-refractivity contribution in [3.8, 4) is 11.1 Å². The highest BCUT2D eigenvalue weighted by molar-refractivity contribution is 5.89. The average molecular weight is 346 g/mol. The number of benzene rings is 1. The van der Waals surface area contributed by atoms with Gasteiger partial charge >= 0.3 is 5.97 Å². The van der Waals surface area contributed by atoms with Crippen LogP contribution in [0.15, 0.2) is 47.4 Å². The van der Waals surface area contributed by atoms with Gasteiger partial charge in [-0.25, -0.2) is 4.79 Å². The van der Waals surface area contributed by atoms with E-state index in [0.717, 1.165) is 46.2 Å². The molecule has 2 aromatic heterocycles. The summed E-state index contributed by atoms with van der Waals surface area (Å²) in [4.78, 5) is 24.1. The van der Waals surface area contributed by atoms with E-state index in [0.29, 0.717) is 5.92 Å². The average Bonchev–Trinajstić information content (AvgIpc) is 3.47. The molecule has 0 aliphatic heterocycles. The van der Waals surface area contributed by atoms with E-state index in [4.69, 9.17) is 5.41 Å². The quantitative estimate of drug-likeness (QED) is 0.704. The zero-order chi connectivity index (χ0) is 18.4. The number of hydrogen-bond donors (Lipinski definition) is 2. The molecule has 4 rings (SSSR count). The fourth-order valence-electron chi connectivity index (χ4n) is 3.53. The molecule has 2 heterocycles. The fraction of sp³-hybridized carbons (Fsp3) is 0.190. The number of carboxylic acids is 1. The Bertz CT molecular complexity index is 1110. The molecule has 0 atom stereocenters. The number of carbonyl (C=O) groups is 1. The van der Waals surface area contributed by atoms with Crippen LogP contribution in [0.4, 0.5) is 0 Å². The van der Waals surface area contributed by atoms with E-state index in [-0.39, 0.29) is 5.56 Å². The molecule has 26 heavy (non-hydrogen) atoms. The minimum atomic E-state index is -1.18. The molecule has 0 spiro atoms. The minimum absolute atomic E-state index is 0.174. The highest BCUT2D eigenvalue weighted by Crippen LogP contribution is 2.43. The van der Waals surface area contributed by atoms with Crippen molar-refractivity contribution in [2.75, 3.05) is 0 Å². The molecule has 1 aliphatic rings. The van der Waals surface area contributed by atoms with Crippen LogP contribution in [0.1, 0.15) is 45.8 Å². The number of aryl methyl sites for hydroxylation is 1. The normalized spacial score (nSPS) is 13.7. The SMILES string of the molecule is Cc1c(-c2ccc(C=N)cc2)ccn2c(=O)c(C(=O)O)cc(C3CC3)c12. The molecule has 1 saturated carbocycles. The van der Waals surface area contributed by atoms with Crippen molar-refractivity contribution >= 4 is 17.7 Å². The van der Waals surface area contributed by atoms with E-state index in [2.05, 4.69) is 0 Å². The van der Waals surface area contributed by atoms with Gasteiger partial charge in [0, 0.05) is 12.4 Å². The first kappa shape index (κ1) is 16.3. The summed E-state index contributed by atoms with van der Waals surface area (Å²) in [6.07, 6.45) is 5.01. The summed E-state index contributed by atoms with van der Waals surface area (Å²) < 4.78 is 1.47. The van der Waals surface area contributed by atoms with Gasteiger partial charge in [-0.3, -0.25) is 9.20 Å². The standard InChI is InChI=1S/C21H18N2O3/c1-12-16(14-4-2-13(11-22)3-5-14)8-9-23-19(12)17(15-6-7-15)10-18(20(23)24)21(25)26/h2-5,8-11,15,22H,6-7H2,1H3,(H,25,26). The number of fused-ring (bicyclic) bond motifs is 1. The molecule has 1 aromatic carbocycles. The second kappa shape index (κ2) is 5.95. The summed E-state index contributed by atoms with van der Waals surface area (Å²) in [6, 6.07) is 11.1. The van der Waals surface area contributed by atoms with Crippen molar-refractivity contribution in [3.63, 3.8) is 0 Å². The summed E-state index contributed by atoms with van der Waals surface area (Å²) in [5.74, 6) is -0.867. The first-order valence-electron chi connectivity index (χ1n) is 8.54. The largest absolute Gasteiger partial charge is 0.477 e. The van der Waals surface area contributed by atoms with E-state index < -0.39 is 11.5 Å². The lowest BCUT2D eigenvalue weighted by molar-refractivity contribution is 0.0694. The summed E-state index contributed by atoms with van der Waals surface area (Å²) in [5.41, 5.74) is 4.89. The van der Waals surface area contributed by atoms with Crippen LogP contribution in [-0.4, -0.2) is 21.7 Å². The van der Waals surface area contributed by atoms with Crippen molar-refractivity contribution in [3.05, 3.63) is 75.2 Å². The zero-order valence-electron chi connectivity index (χ0n) is 14.3. The second-order valence-corrected chi connectivity index (χ2v) is 6.74. The number of rotatable bonds is 4. The first-order valence-corrected chi connectivity index (χ1v) is 8.54. The number of aromatic carboxylic acids is 1. The smallest absolute Gasteiger partial charge is 0.341 e. The van der Waals surface area contributed by atoms with Gasteiger partial charge in [0.25, 0.3) is 5.56 Å². The Labute approximate surface area is 150 Å². The number of nitrogens with zero attached hydrogens (tertiary/aromatic N) is 1. The molecule has 1 fully saturated rings. The molecule has 0 radical (unpaired) electrons. The Morgan fingerprint density at radius 1 is 1.23 bits per heavy atom. The maximum absolute atomic E-state index is 12.6. The third kappa shape index (κ3) is 2.52. The summed E-state index contributed by atoms with van der Waals surface area (Å²) in [5, 5.41) is 16.7. The van der Waals surface area contributed by atoms with E-state index >= 15 is 0 Å². The fourth-order valence-corrected chi connectivity index (χ4v) is 3.53. The van der Waals surface area contributed by atoms with Gasteiger partial charge < -0.3 is 10.5 Å². The monoisotopic (exact) mass is 346 g/mol. The zero-order valence-corrected chi connectivity index (χ0v) is 14.3. The predicted octanol–water partition coefficient (Wildman–Crippen LogP) is 3.85. The molecular formula is C21H18N2O3. The van der Waals surface area contributed by atoms with Crippen molar-refractivity contribution < 1.29 is 9.90 Å². The van der Waals surface area contributed by atoms with Crippen LogP contribution in [0.25, 0.3) is 16.6 Å². The Morgan fingerprint density at radius 2 is 1.92 bits per heavy atom. The molecule has 3 aromatic rings. The highest BCUT2D eigenvalue weighted by Gasteiger charge is 2.29. The molecule has 1 aliphatic carbocycles. The molecular weight excluding hydrogens is 328 g/mol. The van der Waals surface area contributed by atoms with Gasteiger partial charge in [-0.1, -0.05) is 24.3 Å². The third-order valence-electron chi connectivity index (χ3n) is 5.05. The van der Waals surface area contributed by atoms with E-state index in [9.17, 15) is 14.7 Å². The van der Waals surface area contributed by atoms with Gasteiger partial charge in [-0.05, 0) is 65.6 Å². The molecule has 2 N–H and O–H groups in total. The number of pyridine rings is 2. The minimum Gasteiger partial charge on any atom is -0.477 e. The molecule has 0 bridgehead atoms. The summed E-state index contributed by atoms with van der Waals surface area (Å²) in [7, 11) is 0. The molecule has 0 saturated heterocycles. The molecule has 5 heteroatoms. The molecule has 5 nitrogen and oxygen atoms in total. The first-order chi connectivity index (χ1) is 12.5. The molecule has 0 amide bonds. The highest BCUT2D eigenvalue weighted by atomic mass is 16.4. The number of aromatic nitrogens is 1. The van der Waals surface area contributed by atoms with Crippen molar-refractivity contribution in [1.82, 2.24) is 4.40 Å². The van der Waals surface area contributed by atoms with Gasteiger partial charge in [-0.15, -0.1) is 0 Å². The Kier molecular flexibility index (Phi) is 3.72. The van der Waals surface area contributed by atoms with Crippen LogP contribution < -0.4 is 5.56 Å². The van der Waals surface area contributed by atoms with Gasteiger partial charge in [-0.2, -0.15) is 0 Å². The third-order valence-corrected chi connectivity index (χ3v) is 5.05. The van der Waals surface area contributed by atoms with Crippen LogP contribution >= 0.6 is 0 Å². The summed E-state index contributed by atoms with van der Waals surface area (Å²) in [6.45, 7) is 1.97. The second-order valence-electron chi connectivity index (χ2n) is 6.74. The lowest BCUT2D eigenvalue weighted by Gasteiger charge is -2.15. The van der Waals surface area contributed by atoms with Gasteiger partial charge in [0.1, 0.15) is 5.56 Å². The Balaban J connectivity index is 2.01. The van der Waals surface area contributed by atoms with Gasteiger partial charge in [0.05, 0.1) is 5.52 Å². The van der Waals surface area contributed by atoms with Crippen LogP contribution in [0.5, 0.6) is 0 Å². The molecule has 0 unspecified atom stereocenters. The van der Waals surface area contributed by atoms with Crippen LogP contribution in [0.2, 0.25) is 0 Å². The lowest BCUT2D eigenvalue weighted by atomic mass is 9.96. The number of carboxylic acid groups (broad SMARTS) is 1. The van der Waals surface area contributed by atoms with E-state index in [1.165, 1.54) is 10.6 Å². The van der Waals surface area contributed by atoms with Crippen LogP contribution in [0.3, 0.4) is 0 Å². The van der Waals surface area contributed by atoms with Crippen molar-refractivity contribution in [2.45, 2.75) is 25.7 Å². The number of nitrogens with one attached hydrogen (secondary N) is 1. The molecule has 130 valence electrons. The maximum Gasteiger partial charge on any atom is 0.341 e. The summed E-state index contributed by atoms with van der Waals surface area (Å²) >= 11 is 0.